The van der Waals surface area contributed by atoms with Crippen LogP contribution in [-0.4, -0.2) is 16.1 Å². The van der Waals surface area contributed by atoms with Crippen molar-refractivity contribution < 1.29 is 14.3 Å². The fraction of sp³-hybridized carbons (Fsp3) is 0.158. The number of carbonyl (C=O) groups is 1. The maximum absolute atomic E-state index is 12.0. The molecule has 0 fully saturated rings. The van der Waals surface area contributed by atoms with Crippen LogP contribution in [0.3, 0.4) is 0 Å². The van der Waals surface area contributed by atoms with Crippen LogP contribution in [-0.2, 0) is 13.2 Å². The largest absolute Gasteiger partial charge is 0.441 e. The number of hydrogen-bond acceptors (Lipinski definition) is 4. The third kappa shape index (κ3) is 4.24. The highest BCUT2D eigenvalue weighted by Crippen LogP contribution is 2.22. The van der Waals surface area contributed by atoms with Gasteiger partial charge in [-0.15, -0.1) is 0 Å². The van der Waals surface area contributed by atoms with Gasteiger partial charge in [0.15, 0.2) is 11.7 Å². The van der Waals surface area contributed by atoms with Gasteiger partial charge in [-0.2, -0.15) is 0 Å². The monoisotopic (exact) mass is 337 g/mol. The topological polar surface area (TPSA) is 87.4 Å². The summed E-state index contributed by atoms with van der Waals surface area (Å²) < 4.78 is 5.47. The van der Waals surface area contributed by atoms with E-state index in [-0.39, 0.29) is 12.6 Å². The third-order valence-corrected chi connectivity index (χ3v) is 3.78. The van der Waals surface area contributed by atoms with Crippen molar-refractivity contribution >= 4 is 11.7 Å². The zero-order valence-corrected chi connectivity index (χ0v) is 13.8. The van der Waals surface area contributed by atoms with Crippen LogP contribution in [0.25, 0.3) is 11.3 Å². The fourth-order valence-corrected chi connectivity index (χ4v) is 2.45. The number of hydrogen-bond donors (Lipinski definition) is 3. The maximum atomic E-state index is 12.0. The van der Waals surface area contributed by atoms with Gasteiger partial charge < -0.3 is 20.2 Å². The summed E-state index contributed by atoms with van der Waals surface area (Å²) in [5.74, 6) is 1.30. The zero-order valence-electron chi connectivity index (χ0n) is 13.8. The molecule has 128 valence electrons. The van der Waals surface area contributed by atoms with Gasteiger partial charge in [0.25, 0.3) is 0 Å². The average Bonchev–Trinajstić information content (AvgIpc) is 3.07. The highest BCUT2D eigenvalue weighted by Gasteiger charge is 2.06. The van der Waals surface area contributed by atoms with Crippen LogP contribution in [0.5, 0.6) is 0 Å². The standard InChI is InChI=1S/C19H19N3O3/c1-13-20-11-18(25-13)14-6-8-17(9-7-14)22-19(24)21-10-15-4-2-3-5-16(15)12-23/h2-9,11,23H,10,12H2,1H3,(H2,21,22,24). The van der Waals surface area contributed by atoms with Crippen molar-refractivity contribution in [3.05, 3.63) is 71.7 Å². The van der Waals surface area contributed by atoms with E-state index in [1.807, 2.05) is 36.4 Å². The lowest BCUT2D eigenvalue weighted by molar-refractivity contribution is 0.251. The molecule has 1 aromatic heterocycles. The predicted molar refractivity (Wildman–Crippen MR) is 94.9 cm³/mol. The second kappa shape index (κ2) is 7.63. The number of aliphatic hydroxyl groups excluding tert-OH is 1. The molecule has 0 saturated carbocycles. The van der Waals surface area contributed by atoms with Gasteiger partial charge in [-0.1, -0.05) is 24.3 Å². The lowest BCUT2D eigenvalue weighted by Gasteiger charge is -2.10. The first kappa shape index (κ1) is 16.7. The number of oxazole rings is 1. The van der Waals surface area contributed by atoms with E-state index in [1.165, 1.54) is 0 Å². The number of benzene rings is 2. The lowest BCUT2D eigenvalue weighted by Crippen LogP contribution is -2.28. The van der Waals surface area contributed by atoms with Crippen molar-refractivity contribution in [1.82, 2.24) is 10.3 Å². The normalized spacial score (nSPS) is 10.5. The molecule has 6 nitrogen and oxygen atoms in total. The van der Waals surface area contributed by atoms with Crippen molar-refractivity contribution in [2.24, 2.45) is 0 Å². The number of aryl methyl sites for hydroxylation is 1. The number of anilines is 1. The number of aliphatic hydroxyl groups is 1. The van der Waals surface area contributed by atoms with E-state index >= 15 is 0 Å². The van der Waals surface area contributed by atoms with E-state index in [0.29, 0.717) is 23.9 Å². The summed E-state index contributed by atoms with van der Waals surface area (Å²) in [6.07, 6.45) is 1.67. The third-order valence-electron chi connectivity index (χ3n) is 3.78. The molecule has 3 aromatic rings. The Morgan fingerprint density at radius 2 is 1.84 bits per heavy atom. The zero-order chi connectivity index (χ0) is 17.6. The van der Waals surface area contributed by atoms with Gasteiger partial charge in [-0.3, -0.25) is 0 Å². The van der Waals surface area contributed by atoms with E-state index in [0.717, 1.165) is 16.7 Å². The van der Waals surface area contributed by atoms with Crippen molar-refractivity contribution in [1.29, 1.82) is 0 Å². The van der Waals surface area contributed by atoms with Crippen LogP contribution in [0.2, 0.25) is 0 Å². The second-order valence-electron chi connectivity index (χ2n) is 5.56. The number of nitrogens with one attached hydrogen (secondary N) is 2. The van der Waals surface area contributed by atoms with Crippen molar-refractivity contribution in [2.45, 2.75) is 20.1 Å². The van der Waals surface area contributed by atoms with Gasteiger partial charge in [0.05, 0.1) is 12.8 Å². The van der Waals surface area contributed by atoms with Gasteiger partial charge >= 0.3 is 6.03 Å². The van der Waals surface area contributed by atoms with Crippen LogP contribution in [0.15, 0.2) is 59.1 Å². The van der Waals surface area contributed by atoms with Crippen molar-refractivity contribution in [2.75, 3.05) is 5.32 Å². The van der Waals surface area contributed by atoms with Crippen LogP contribution in [0.4, 0.5) is 10.5 Å². The summed E-state index contributed by atoms with van der Waals surface area (Å²) in [5.41, 5.74) is 3.25. The van der Waals surface area contributed by atoms with Gasteiger partial charge in [0, 0.05) is 24.7 Å². The minimum Gasteiger partial charge on any atom is -0.441 e. The van der Waals surface area contributed by atoms with Crippen molar-refractivity contribution in [3.63, 3.8) is 0 Å². The molecular weight excluding hydrogens is 318 g/mol. The number of nitrogens with zero attached hydrogens (tertiary/aromatic N) is 1. The molecule has 1 heterocycles. The van der Waals surface area contributed by atoms with Crippen molar-refractivity contribution in [3.8, 4) is 11.3 Å². The van der Waals surface area contributed by atoms with Gasteiger partial charge in [-0.05, 0) is 35.4 Å². The number of rotatable bonds is 5. The first-order valence-electron chi connectivity index (χ1n) is 7.91. The smallest absolute Gasteiger partial charge is 0.319 e. The Balaban J connectivity index is 1.57. The summed E-state index contributed by atoms with van der Waals surface area (Å²) in [6.45, 7) is 2.08. The molecule has 0 spiro atoms. The van der Waals surface area contributed by atoms with Crippen LogP contribution < -0.4 is 10.6 Å². The van der Waals surface area contributed by atoms with Gasteiger partial charge in [-0.25, -0.2) is 9.78 Å². The number of amides is 2. The molecule has 0 bridgehead atoms. The van der Waals surface area contributed by atoms with Gasteiger partial charge in [0.2, 0.25) is 0 Å². The molecule has 0 aliphatic heterocycles. The molecule has 3 rings (SSSR count). The van der Waals surface area contributed by atoms with E-state index < -0.39 is 0 Å². The Morgan fingerprint density at radius 1 is 1.12 bits per heavy atom. The molecule has 0 saturated heterocycles. The minimum atomic E-state index is -0.309. The van der Waals surface area contributed by atoms with E-state index in [9.17, 15) is 9.90 Å². The summed E-state index contributed by atoms with van der Waals surface area (Å²) in [6, 6.07) is 14.4. The second-order valence-corrected chi connectivity index (χ2v) is 5.56. The van der Waals surface area contributed by atoms with E-state index in [2.05, 4.69) is 15.6 Å². The Hall–Kier alpha value is -3.12. The Morgan fingerprint density at radius 3 is 2.48 bits per heavy atom. The molecule has 25 heavy (non-hydrogen) atoms. The SMILES string of the molecule is Cc1ncc(-c2ccc(NC(=O)NCc3ccccc3CO)cc2)o1. The molecule has 3 N–H and O–H groups in total. The molecule has 0 radical (unpaired) electrons. The first-order chi connectivity index (χ1) is 12.2. The summed E-state index contributed by atoms with van der Waals surface area (Å²) in [7, 11) is 0. The fourth-order valence-electron chi connectivity index (χ4n) is 2.45. The van der Waals surface area contributed by atoms with Crippen LogP contribution in [0.1, 0.15) is 17.0 Å². The molecule has 6 heteroatoms. The number of urea groups is 1. The Kier molecular flexibility index (Phi) is 5.11. The Labute approximate surface area is 145 Å². The van der Waals surface area contributed by atoms with E-state index in [4.69, 9.17) is 4.42 Å². The number of aromatic nitrogens is 1. The Bertz CT molecular complexity index is 856. The summed E-state index contributed by atoms with van der Waals surface area (Å²) in [4.78, 5) is 16.1. The molecule has 2 amide bonds. The predicted octanol–water partition coefficient (Wildman–Crippen LogP) is 3.46. The van der Waals surface area contributed by atoms with Gasteiger partial charge in [0.1, 0.15) is 0 Å². The first-order valence-corrected chi connectivity index (χ1v) is 7.91. The summed E-state index contributed by atoms with van der Waals surface area (Å²) >= 11 is 0. The molecule has 2 aromatic carbocycles. The van der Waals surface area contributed by atoms with E-state index in [1.54, 1.807) is 25.3 Å². The molecule has 0 unspecified atom stereocenters. The summed E-state index contributed by atoms with van der Waals surface area (Å²) in [5, 5.41) is 14.9. The molecular formula is C19H19N3O3. The highest BCUT2D eigenvalue weighted by molar-refractivity contribution is 5.89. The molecule has 0 aliphatic rings. The molecule has 0 atom stereocenters. The highest BCUT2D eigenvalue weighted by atomic mass is 16.4. The quantitative estimate of drug-likeness (QED) is 0.665. The number of carbonyl (C=O) groups excluding carboxylic acids is 1. The lowest BCUT2D eigenvalue weighted by atomic mass is 10.1. The average molecular weight is 337 g/mol. The van der Waals surface area contributed by atoms with Crippen LogP contribution in [0, 0.1) is 6.92 Å². The maximum Gasteiger partial charge on any atom is 0.319 e. The van der Waals surface area contributed by atoms with Crippen LogP contribution >= 0.6 is 0 Å². The minimum absolute atomic E-state index is 0.0535. The molecule has 0 aliphatic carbocycles.